The molecule has 0 aliphatic heterocycles. The van der Waals surface area contributed by atoms with Crippen LogP contribution in [0.25, 0.3) is 0 Å². The summed E-state index contributed by atoms with van der Waals surface area (Å²) in [5.41, 5.74) is 1.41. The number of methoxy groups -OCH3 is 1. The van der Waals surface area contributed by atoms with Crippen molar-refractivity contribution in [2.45, 2.75) is 4.90 Å². The lowest BCUT2D eigenvalue weighted by Crippen LogP contribution is -2.20. The Morgan fingerprint density at radius 1 is 1.04 bits per heavy atom. The Morgan fingerprint density at radius 3 is 2.30 bits per heavy atom. The first-order valence-electron chi connectivity index (χ1n) is 6.71. The number of hydrogen-bond donors (Lipinski definition) is 3. The van der Waals surface area contributed by atoms with E-state index in [1.54, 1.807) is 19.2 Å². The molecule has 0 aliphatic rings. The summed E-state index contributed by atoms with van der Waals surface area (Å²) in [6, 6.07) is 13.7. The summed E-state index contributed by atoms with van der Waals surface area (Å²) in [5, 5.41) is 6.39. The van der Waals surface area contributed by atoms with Crippen LogP contribution in [0, 0.1) is 0 Å². The molecule has 0 unspecified atom stereocenters. The number of benzene rings is 2. The average Bonchev–Trinajstić information content (AvgIpc) is 2.55. The van der Waals surface area contributed by atoms with Crippen molar-refractivity contribution in [2.75, 3.05) is 24.8 Å². The molecule has 2 aromatic carbocycles. The number of hydrogen-bond acceptors (Lipinski definition) is 4. The molecule has 6 nitrogen and oxygen atoms in total. The molecule has 8 heteroatoms. The summed E-state index contributed by atoms with van der Waals surface area (Å²) in [6.07, 6.45) is 0. The summed E-state index contributed by atoms with van der Waals surface area (Å²) in [5.74, 6) is 0.673. The SMILES string of the molecule is CNS(=O)(=O)c1ccc(NC(=S)Nc2ccccc2OC)cc1. The van der Waals surface area contributed by atoms with E-state index in [-0.39, 0.29) is 4.90 Å². The predicted octanol–water partition coefficient (Wildman–Crippen LogP) is 2.41. The van der Waals surface area contributed by atoms with Crippen molar-refractivity contribution < 1.29 is 13.2 Å². The van der Waals surface area contributed by atoms with Crippen LogP contribution in [0.15, 0.2) is 53.4 Å². The highest BCUT2D eigenvalue weighted by Gasteiger charge is 2.10. The van der Waals surface area contributed by atoms with E-state index in [9.17, 15) is 8.42 Å². The monoisotopic (exact) mass is 351 g/mol. The van der Waals surface area contributed by atoms with Gasteiger partial charge in [-0.25, -0.2) is 13.1 Å². The Kier molecular flexibility index (Phi) is 5.54. The van der Waals surface area contributed by atoms with Gasteiger partial charge in [-0.2, -0.15) is 0 Å². The van der Waals surface area contributed by atoms with Crippen molar-refractivity contribution in [3.8, 4) is 5.75 Å². The second-order valence-corrected chi connectivity index (χ2v) is 6.81. The van der Waals surface area contributed by atoms with Gasteiger partial charge in [0.25, 0.3) is 0 Å². The molecular formula is C15H17N3O3S2. The van der Waals surface area contributed by atoms with Crippen molar-refractivity contribution in [3.63, 3.8) is 0 Å². The van der Waals surface area contributed by atoms with Gasteiger partial charge in [0.2, 0.25) is 10.0 Å². The number of rotatable bonds is 5. The Morgan fingerprint density at radius 2 is 1.70 bits per heavy atom. The van der Waals surface area contributed by atoms with E-state index in [1.807, 2.05) is 24.3 Å². The largest absolute Gasteiger partial charge is 0.495 e. The third-order valence-corrected chi connectivity index (χ3v) is 4.68. The van der Waals surface area contributed by atoms with Gasteiger partial charge in [-0.1, -0.05) is 12.1 Å². The van der Waals surface area contributed by atoms with Crippen LogP contribution in [0.2, 0.25) is 0 Å². The maximum absolute atomic E-state index is 11.7. The molecule has 0 bridgehead atoms. The van der Waals surface area contributed by atoms with Gasteiger partial charge in [-0.3, -0.25) is 0 Å². The minimum Gasteiger partial charge on any atom is -0.495 e. The highest BCUT2D eigenvalue weighted by atomic mass is 32.2. The number of thiocarbonyl (C=S) groups is 1. The number of nitrogens with one attached hydrogen (secondary N) is 3. The van der Waals surface area contributed by atoms with Gasteiger partial charge in [0, 0.05) is 5.69 Å². The molecule has 0 aliphatic carbocycles. The molecule has 0 radical (unpaired) electrons. The smallest absolute Gasteiger partial charge is 0.240 e. The van der Waals surface area contributed by atoms with Crippen LogP contribution >= 0.6 is 12.2 Å². The highest BCUT2D eigenvalue weighted by Crippen LogP contribution is 2.23. The van der Waals surface area contributed by atoms with Gasteiger partial charge in [0.15, 0.2) is 5.11 Å². The Bertz CT molecular complexity index is 790. The highest BCUT2D eigenvalue weighted by molar-refractivity contribution is 7.89. The fourth-order valence-corrected chi connectivity index (χ4v) is 2.83. The second kappa shape index (κ2) is 7.40. The lowest BCUT2D eigenvalue weighted by atomic mass is 10.3. The van der Waals surface area contributed by atoms with Crippen LogP contribution in [0.1, 0.15) is 0 Å². The van der Waals surface area contributed by atoms with Crippen LogP contribution in [0.3, 0.4) is 0 Å². The van der Waals surface area contributed by atoms with Crippen LogP contribution in [0.4, 0.5) is 11.4 Å². The summed E-state index contributed by atoms with van der Waals surface area (Å²) < 4.78 is 30.8. The van der Waals surface area contributed by atoms with Gasteiger partial charge in [-0.15, -0.1) is 0 Å². The lowest BCUT2D eigenvalue weighted by molar-refractivity contribution is 0.417. The minimum atomic E-state index is -3.44. The van der Waals surface area contributed by atoms with Crippen molar-refractivity contribution in [1.29, 1.82) is 0 Å². The topological polar surface area (TPSA) is 79.5 Å². The van der Waals surface area contributed by atoms with Crippen molar-refractivity contribution in [1.82, 2.24) is 4.72 Å². The van der Waals surface area contributed by atoms with Crippen LogP contribution < -0.4 is 20.1 Å². The predicted molar refractivity (Wildman–Crippen MR) is 95.5 cm³/mol. The molecule has 0 heterocycles. The summed E-state index contributed by atoms with van der Waals surface area (Å²) >= 11 is 5.25. The van der Waals surface area contributed by atoms with Gasteiger partial charge < -0.3 is 15.4 Å². The molecule has 3 N–H and O–H groups in total. The first kappa shape index (κ1) is 17.2. The average molecular weight is 351 g/mol. The quantitative estimate of drug-likeness (QED) is 0.718. The molecule has 0 atom stereocenters. The zero-order valence-electron chi connectivity index (χ0n) is 12.7. The summed E-state index contributed by atoms with van der Waals surface area (Å²) in [6.45, 7) is 0. The zero-order valence-corrected chi connectivity index (χ0v) is 14.3. The van der Waals surface area contributed by atoms with E-state index >= 15 is 0 Å². The maximum atomic E-state index is 11.7. The standard InChI is InChI=1S/C15H17N3O3S2/c1-16-23(19,20)12-9-7-11(8-10-12)17-15(22)18-13-5-3-4-6-14(13)21-2/h3-10,16H,1-2H3,(H2,17,18,22). The summed E-state index contributed by atoms with van der Waals surface area (Å²) in [4.78, 5) is 0.189. The fourth-order valence-electron chi connectivity index (χ4n) is 1.87. The molecular weight excluding hydrogens is 334 g/mol. The molecule has 0 saturated carbocycles. The molecule has 0 saturated heterocycles. The Hall–Kier alpha value is -2.16. The molecule has 0 fully saturated rings. The summed E-state index contributed by atoms with van der Waals surface area (Å²) in [7, 11) is -0.494. The maximum Gasteiger partial charge on any atom is 0.240 e. The van der Waals surface area contributed by atoms with Gasteiger partial charge in [-0.05, 0) is 55.7 Å². The molecule has 0 spiro atoms. The Balaban J connectivity index is 2.06. The van der Waals surface area contributed by atoms with Crippen molar-refractivity contribution >= 4 is 38.7 Å². The van der Waals surface area contributed by atoms with E-state index in [0.29, 0.717) is 16.5 Å². The van der Waals surface area contributed by atoms with E-state index in [2.05, 4.69) is 15.4 Å². The second-order valence-electron chi connectivity index (χ2n) is 4.51. The van der Waals surface area contributed by atoms with Crippen LogP contribution in [0.5, 0.6) is 5.75 Å². The van der Waals surface area contributed by atoms with E-state index in [0.717, 1.165) is 5.69 Å². The first-order chi connectivity index (χ1) is 11.0. The fraction of sp³-hybridized carbons (Fsp3) is 0.133. The Labute approximate surface area is 140 Å². The van der Waals surface area contributed by atoms with Crippen LogP contribution in [-0.4, -0.2) is 27.7 Å². The zero-order chi connectivity index (χ0) is 16.9. The van der Waals surface area contributed by atoms with Crippen molar-refractivity contribution in [2.24, 2.45) is 0 Å². The number of ether oxygens (including phenoxy) is 1. The third-order valence-electron chi connectivity index (χ3n) is 3.05. The normalized spacial score (nSPS) is 10.9. The molecule has 23 heavy (non-hydrogen) atoms. The lowest BCUT2D eigenvalue weighted by Gasteiger charge is -2.13. The van der Waals surface area contributed by atoms with E-state index in [1.165, 1.54) is 19.2 Å². The number of para-hydroxylation sites is 2. The molecule has 0 aromatic heterocycles. The van der Waals surface area contributed by atoms with Gasteiger partial charge >= 0.3 is 0 Å². The molecule has 122 valence electrons. The van der Waals surface area contributed by atoms with E-state index in [4.69, 9.17) is 17.0 Å². The number of anilines is 2. The van der Waals surface area contributed by atoms with Crippen molar-refractivity contribution in [3.05, 3.63) is 48.5 Å². The molecule has 2 aromatic rings. The van der Waals surface area contributed by atoms with Crippen LogP contribution in [-0.2, 0) is 10.0 Å². The van der Waals surface area contributed by atoms with E-state index < -0.39 is 10.0 Å². The number of sulfonamides is 1. The third kappa shape index (κ3) is 4.41. The van der Waals surface area contributed by atoms with Gasteiger partial charge in [0.05, 0.1) is 17.7 Å². The molecule has 2 rings (SSSR count). The first-order valence-corrected chi connectivity index (χ1v) is 8.60. The van der Waals surface area contributed by atoms with Gasteiger partial charge in [0.1, 0.15) is 5.75 Å². The molecule has 0 amide bonds. The minimum absolute atomic E-state index is 0.189.